The number of rotatable bonds is 5. The Bertz CT molecular complexity index is 528. The van der Waals surface area contributed by atoms with Gasteiger partial charge >= 0.3 is 0 Å². The van der Waals surface area contributed by atoms with Crippen molar-refractivity contribution in [2.45, 2.75) is 19.9 Å². The van der Waals surface area contributed by atoms with Crippen LogP contribution in [-0.4, -0.2) is 16.7 Å². The normalized spacial score (nSPS) is 10.8. The zero-order chi connectivity index (χ0) is 13.0. The lowest BCUT2D eigenvalue weighted by atomic mass is 10.2. The number of aromatic nitrogens is 2. The summed E-state index contributed by atoms with van der Waals surface area (Å²) in [6.45, 7) is 3.29. The van der Waals surface area contributed by atoms with Gasteiger partial charge in [-0.3, -0.25) is 0 Å². The molecule has 1 N–H and O–H groups in total. The highest BCUT2D eigenvalue weighted by Gasteiger charge is 2.02. The van der Waals surface area contributed by atoms with E-state index in [1.165, 1.54) is 0 Å². The Morgan fingerprint density at radius 3 is 2.78 bits per heavy atom. The standard InChI is InChI=1S/C12H13Cl2N3O/c1-8-16-12(18-17-8)4-5-15-7-9-2-3-10(13)11(14)6-9/h2-3,6,15H,4-5,7H2,1H3. The molecule has 2 aromatic rings. The Morgan fingerprint density at radius 1 is 1.28 bits per heavy atom. The molecule has 0 aliphatic carbocycles. The van der Waals surface area contributed by atoms with Gasteiger partial charge in [0.25, 0.3) is 0 Å². The highest BCUT2D eigenvalue weighted by molar-refractivity contribution is 6.42. The molecule has 0 amide bonds. The number of halogens is 2. The highest BCUT2D eigenvalue weighted by Crippen LogP contribution is 2.22. The molecule has 0 aliphatic rings. The van der Waals surface area contributed by atoms with E-state index >= 15 is 0 Å². The van der Waals surface area contributed by atoms with Gasteiger partial charge in [0, 0.05) is 19.5 Å². The van der Waals surface area contributed by atoms with Gasteiger partial charge in [-0.25, -0.2) is 0 Å². The van der Waals surface area contributed by atoms with Gasteiger partial charge in [-0.05, 0) is 24.6 Å². The number of nitrogens with zero attached hydrogens (tertiary/aromatic N) is 2. The summed E-state index contributed by atoms with van der Waals surface area (Å²) >= 11 is 11.8. The van der Waals surface area contributed by atoms with E-state index in [1.54, 1.807) is 13.0 Å². The summed E-state index contributed by atoms with van der Waals surface area (Å²) in [5.41, 5.74) is 1.09. The molecular weight excluding hydrogens is 273 g/mol. The van der Waals surface area contributed by atoms with Crippen molar-refractivity contribution >= 4 is 23.2 Å². The fourth-order valence-electron chi connectivity index (χ4n) is 1.52. The van der Waals surface area contributed by atoms with Crippen LogP contribution < -0.4 is 5.32 Å². The number of hydrogen-bond acceptors (Lipinski definition) is 4. The van der Waals surface area contributed by atoms with Crippen LogP contribution in [0.4, 0.5) is 0 Å². The van der Waals surface area contributed by atoms with Crippen molar-refractivity contribution in [3.8, 4) is 0 Å². The molecule has 0 bridgehead atoms. The Hall–Kier alpha value is -1.10. The molecule has 1 aromatic carbocycles. The molecule has 4 nitrogen and oxygen atoms in total. The van der Waals surface area contributed by atoms with Gasteiger partial charge in [0.2, 0.25) is 5.89 Å². The molecular formula is C12H13Cl2N3O. The second-order valence-corrected chi connectivity index (χ2v) is 4.72. The van der Waals surface area contributed by atoms with Gasteiger partial charge in [-0.15, -0.1) is 0 Å². The molecule has 1 heterocycles. The van der Waals surface area contributed by atoms with Crippen LogP contribution in [0.2, 0.25) is 10.0 Å². The van der Waals surface area contributed by atoms with Crippen LogP contribution in [0.1, 0.15) is 17.3 Å². The third kappa shape index (κ3) is 3.70. The molecule has 2 rings (SSSR count). The van der Waals surface area contributed by atoms with Crippen LogP contribution in [0.5, 0.6) is 0 Å². The molecule has 1 aromatic heterocycles. The summed E-state index contributed by atoms with van der Waals surface area (Å²) in [6, 6.07) is 5.59. The monoisotopic (exact) mass is 285 g/mol. The smallest absolute Gasteiger partial charge is 0.227 e. The molecule has 18 heavy (non-hydrogen) atoms. The molecule has 0 fully saturated rings. The third-order valence-corrected chi connectivity index (χ3v) is 3.14. The van der Waals surface area contributed by atoms with E-state index in [9.17, 15) is 0 Å². The van der Waals surface area contributed by atoms with Crippen molar-refractivity contribution in [3.63, 3.8) is 0 Å². The fourth-order valence-corrected chi connectivity index (χ4v) is 1.84. The van der Waals surface area contributed by atoms with Gasteiger partial charge in [0.1, 0.15) is 0 Å². The first-order chi connectivity index (χ1) is 8.65. The van der Waals surface area contributed by atoms with E-state index in [-0.39, 0.29) is 0 Å². The Kier molecular flexibility index (Phi) is 4.58. The first kappa shape index (κ1) is 13.3. The summed E-state index contributed by atoms with van der Waals surface area (Å²) in [6.07, 6.45) is 0.710. The minimum Gasteiger partial charge on any atom is -0.339 e. The molecule has 0 radical (unpaired) electrons. The maximum atomic E-state index is 5.93. The average molecular weight is 286 g/mol. The summed E-state index contributed by atoms with van der Waals surface area (Å²) in [5, 5.41) is 8.15. The van der Waals surface area contributed by atoms with Crippen molar-refractivity contribution in [3.05, 3.63) is 45.5 Å². The second kappa shape index (κ2) is 6.18. The molecule has 0 aliphatic heterocycles. The van der Waals surface area contributed by atoms with E-state index in [4.69, 9.17) is 27.7 Å². The molecule has 0 atom stereocenters. The summed E-state index contributed by atoms with van der Waals surface area (Å²) in [7, 11) is 0. The molecule has 0 saturated carbocycles. The van der Waals surface area contributed by atoms with Crippen LogP contribution >= 0.6 is 23.2 Å². The number of hydrogen-bond donors (Lipinski definition) is 1. The first-order valence-electron chi connectivity index (χ1n) is 5.59. The lowest BCUT2D eigenvalue weighted by Gasteiger charge is -2.04. The lowest BCUT2D eigenvalue weighted by molar-refractivity contribution is 0.372. The van der Waals surface area contributed by atoms with Gasteiger partial charge in [-0.2, -0.15) is 4.98 Å². The van der Waals surface area contributed by atoms with E-state index in [0.717, 1.165) is 18.7 Å². The van der Waals surface area contributed by atoms with Crippen LogP contribution in [0.25, 0.3) is 0 Å². The van der Waals surface area contributed by atoms with Crippen molar-refractivity contribution in [2.75, 3.05) is 6.54 Å². The lowest BCUT2D eigenvalue weighted by Crippen LogP contribution is -2.16. The molecule has 0 unspecified atom stereocenters. The molecule has 0 saturated heterocycles. The fraction of sp³-hybridized carbons (Fsp3) is 0.333. The minimum absolute atomic E-state index is 0.571. The first-order valence-corrected chi connectivity index (χ1v) is 6.34. The van der Waals surface area contributed by atoms with Crippen molar-refractivity contribution in [1.29, 1.82) is 0 Å². The Balaban J connectivity index is 1.76. The van der Waals surface area contributed by atoms with E-state index in [0.29, 0.717) is 28.2 Å². The zero-order valence-electron chi connectivity index (χ0n) is 9.91. The van der Waals surface area contributed by atoms with E-state index in [2.05, 4.69) is 15.5 Å². The van der Waals surface area contributed by atoms with Gasteiger partial charge in [0.05, 0.1) is 10.0 Å². The van der Waals surface area contributed by atoms with E-state index in [1.807, 2.05) is 12.1 Å². The van der Waals surface area contributed by atoms with E-state index < -0.39 is 0 Å². The zero-order valence-corrected chi connectivity index (χ0v) is 11.4. The van der Waals surface area contributed by atoms with Gasteiger partial charge < -0.3 is 9.84 Å². The largest absolute Gasteiger partial charge is 0.339 e. The summed E-state index contributed by atoms with van der Waals surface area (Å²) in [4.78, 5) is 4.12. The van der Waals surface area contributed by atoms with Gasteiger partial charge in [0.15, 0.2) is 5.82 Å². The predicted octanol–water partition coefficient (Wildman–Crippen LogP) is 3.02. The molecule has 0 spiro atoms. The summed E-state index contributed by atoms with van der Waals surface area (Å²) in [5.74, 6) is 1.31. The molecule has 6 heteroatoms. The average Bonchev–Trinajstić information content (AvgIpc) is 2.75. The predicted molar refractivity (Wildman–Crippen MR) is 70.9 cm³/mol. The Labute approximate surface area is 115 Å². The maximum absolute atomic E-state index is 5.93. The van der Waals surface area contributed by atoms with Crippen LogP contribution in [0, 0.1) is 6.92 Å². The topological polar surface area (TPSA) is 51.0 Å². The van der Waals surface area contributed by atoms with Gasteiger partial charge in [-0.1, -0.05) is 34.4 Å². The number of benzene rings is 1. The second-order valence-electron chi connectivity index (χ2n) is 3.91. The number of aryl methyl sites for hydroxylation is 1. The highest BCUT2D eigenvalue weighted by atomic mass is 35.5. The third-order valence-electron chi connectivity index (χ3n) is 2.40. The van der Waals surface area contributed by atoms with Crippen molar-refractivity contribution < 1.29 is 4.52 Å². The van der Waals surface area contributed by atoms with Crippen LogP contribution in [0.3, 0.4) is 0 Å². The van der Waals surface area contributed by atoms with Crippen molar-refractivity contribution in [2.24, 2.45) is 0 Å². The number of nitrogens with one attached hydrogen (secondary N) is 1. The van der Waals surface area contributed by atoms with Crippen molar-refractivity contribution in [1.82, 2.24) is 15.5 Å². The quantitative estimate of drug-likeness (QED) is 0.858. The maximum Gasteiger partial charge on any atom is 0.227 e. The minimum atomic E-state index is 0.571. The van der Waals surface area contributed by atoms with Crippen LogP contribution in [-0.2, 0) is 13.0 Å². The summed E-state index contributed by atoms with van der Waals surface area (Å²) < 4.78 is 5.01. The molecule has 96 valence electrons. The Morgan fingerprint density at radius 2 is 2.11 bits per heavy atom. The SMILES string of the molecule is Cc1noc(CCNCc2ccc(Cl)c(Cl)c2)n1. The van der Waals surface area contributed by atoms with Crippen LogP contribution in [0.15, 0.2) is 22.7 Å².